The van der Waals surface area contributed by atoms with Crippen molar-refractivity contribution in [3.63, 3.8) is 0 Å². The summed E-state index contributed by atoms with van der Waals surface area (Å²) in [6.07, 6.45) is 2.32. The van der Waals surface area contributed by atoms with Crippen LogP contribution in [0.25, 0.3) is 0 Å². The Hall–Kier alpha value is -2.45. The minimum atomic E-state index is -3.67. The lowest BCUT2D eigenvalue weighted by atomic mass is 10.1. The molecule has 1 amide bonds. The number of nitrogens with zero attached hydrogens (tertiary/aromatic N) is 2. The number of carbonyl (C=O) groups excluding carboxylic acids is 1. The number of sulfonamides is 1. The molecule has 1 N–H and O–H groups in total. The van der Waals surface area contributed by atoms with Crippen molar-refractivity contribution >= 4 is 21.9 Å². The zero-order valence-corrected chi connectivity index (χ0v) is 18.0. The van der Waals surface area contributed by atoms with Gasteiger partial charge in [0.05, 0.1) is 10.9 Å². The zero-order chi connectivity index (χ0) is 21.2. The second-order valence-corrected chi connectivity index (χ2v) is 10.0. The van der Waals surface area contributed by atoms with E-state index >= 15 is 0 Å². The minimum Gasteiger partial charge on any atom is -0.444 e. The van der Waals surface area contributed by atoms with Crippen molar-refractivity contribution in [1.82, 2.24) is 9.29 Å². The van der Waals surface area contributed by atoms with Crippen LogP contribution in [-0.4, -0.2) is 35.9 Å². The lowest BCUT2D eigenvalue weighted by Crippen LogP contribution is -2.32. The first-order valence-electron chi connectivity index (χ1n) is 9.61. The van der Waals surface area contributed by atoms with Crippen LogP contribution in [0.2, 0.25) is 0 Å². The lowest BCUT2D eigenvalue weighted by molar-refractivity contribution is 0.0635. The van der Waals surface area contributed by atoms with Gasteiger partial charge in [-0.25, -0.2) is 18.2 Å². The maximum Gasteiger partial charge on any atom is 0.413 e. The van der Waals surface area contributed by atoms with Crippen molar-refractivity contribution in [1.29, 1.82) is 0 Å². The normalized spacial score (nSPS) is 17.9. The quantitative estimate of drug-likeness (QED) is 0.803. The number of hydrogen-bond donors (Lipinski definition) is 1. The molecule has 2 heterocycles. The van der Waals surface area contributed by atoms with Gasteiger partial charge < -0.3 is 4.74 Å². The van der Waals surface area contributed by atoms with Crippen molar-refractivity contribution in [2.45, 2.75) is 57.1 Å². The van der Waals surface area contributed by atoms with Gasteiger partial charge in [0, 0.05) is 18.3 Å². The molecule has 1 fully saturated rings. The third-order valence-electron chi connectivity index (χ3n) is 4.65. The van der Waals surface area contributed by atoms with E-state index in [1.54, 1.807) is 63.4 Å². The molecule has 0 saturated carbocycles. The summed E-state index contributed by atoms with van der Waals surface area (Å²) >= 11 is 0. The van der Waals surface area contributed by atoms with E-state index in [9.17, 15) is 13.2 Å². The molecule has 1 aromatic heterocycles. The molecule has 0 unspecified atom stereocenters. The Morgan fingerprint density at radius 1 is 1.21 bits per heavy atom. The number of pyridine rings is 1. The van der Waals surface area contributed by atoms with Crippen LogP contribution in [0, 0.1) is 6.92 Å². The molecule has 0 spiro atoms. The fourth-order valence-corrected chi connectivity index (χ4v) is 5.05. The Morgan fingerprint density at radius 3 is 2.55 bits per heavy atom. The van der Waals surface area contributed by atoms with E-state index in [2.05, 4.69) is 10.3 Å². The Balaban J connectivity index is 1.90. The fraction of sp³-hybridized carbons (Fsp3) is 0.429. The van der Waals surface area contributed by atoms with Crippen molar-refractivity contribution in [3.8, 4) is 0 Å². The number of ether oxygens (including phenoxy) is 1. The van der Waals surface area contributed by atoms with Crippen LogP contribution < -0.4 is 5.32 Å². The number of benzene rings is 1. The maximum absolute atomic E-state index is 13.2. The highest BCUT2D eigenvalue weighted by atomic mass is 32.2. The number of aromatic nitrogens is 1. The number of nitrogens with one attached hydrogen (secondary N) is 1. The fourth-order valence-electron chi connectivity index (χ4n) is 3.38. The molecule has 0 aliphatic carbocycles. The first-order chi connectivity index (χ1) is 13.6. The molecule has 156 valence electrons. The average molecular weight is 418 g/mol. The number of carbonyl (C=O) groups is 1. The maximum atomic E-state index is 13.2. The molecule has 3 rings (SSSR count). The Labute approximate surface area is 172 Å². The van der Waals surface area contributed by atoms with Crippen molar-refractivity contribution < 1.29 is 17.9 Å². The topological polar surface area (TPSA) is 88.6 Å². The highest BCUT2D eigenvalue weighted by Crippen LogP contribution is 2.39. The van der Waals surface area contributed by atoms with Gasteiger partial charge in [0.2, 0.25) is 10.0 Å². The monoisotopic (exact) mass is 417 g/mol. The number of aryl methyl sites for hydroxylation is 1. The third kappa shape index (κ3) is 4.94. The first-order valence-corrected chi connectivity index (χ1v) is 11.1. The van der Waals surface area contributed by atoms with Crippen molar-refractivity contribution in [3.05, 3.63) is 53.7 Å². The molecule has 2 aromatic rings. The minimum absolute atomic E-state index is 0.264. The third-order valence-corrected chi connectivity index (χ3v) is 6.57. The predicted octanol–water partition coefficient (Wildman–Crippen LogP) is 4.26. The second-order valence-electron chi connectivity index (χ2n) is 8.15. The molecule has 7 nitrogen and oxygen atoms in total. The standard InChI is InChI=1S/C21H27N3O4S/c1-15-9-11-16(12-10-15)29(26,27)24-14-6-8-18(24)17-7-5-13-22-19(17)23-20(25)28-21(2,3)4/h5,7,9-13,18H,6,8,14H2,1-4H3,(H,22,23,25)/t18-/m0/s1. The molecule has 1 aliphatic rings. The van der Waals surface area contributed by atoms with E-state index in [1.165, 1.54) is 4.31 Å². The van der Waals surface area contributed by atoms with Crippen LogP contribution in [0.15, 0.2) is 47.5 Å². The summed E-state index contributed by atoms with van der Waals surface area (Å²) in [5.74, 6) is 0.317. The van der Waals surface area contributed by atoms with Crippen LogP contribution >= 0.6 is 0 Å². The van der Waals surface area contributed by atoms with E-state index in [1.807, 2.05) is 6.92 Å². The van der Waals surface area contributed by atoms with Gasteiger partial charge in [-0.15, -0.1) is 0 Å². The van der Waals surface area contributed by atoms with E-state index in [0.29, 0.717) is 24.3 Å². The lowest BCUT2D eigenvalue weighted by Gasteiger charge is -2.26. The van der Waals surface area contributed by atoms with Gasteiger partial charge in [-0.05, 0) is 58.7 Å². The van der Waals surface area contributed by atoms with Crippen LogP contribution in [0.1, 0.15) is 50.8 Å². The van der Waals surface area contributed by atoms with Crippen molar-refractivity contribution in [2.24, 2.45) is 0 Å². The molecule has 8 heteroatoms. The van der Waals surface area contributed by atoms with E-state index in [-0.39, 0.29) is 4.90 Å². The summed E-state index contributed by atoms with van der Waals surface area (Å²) in [5.41, 5.74) is 1.01. The summed E-state index contributed by atoms with van der Waals surface area (Å²) < 4.78 is 33.3. The molecule has 29 heavy (non-hydrogen) atoms. The van der Waals surface area contributed by atoms with E-state index in [0.717, 1.165) is 12.0 Å². The molecule has 1 saturated heterocycles. The van der Waals surface area contributed by atoms with Gasteiger partial charge in [-0.3, -0.25) is 5.32 Å². The summed E-state index contributed by atoms with van der Waals surface area (Å²) in [4.78, 5) is 16.7. The molecule has 1 atom stereocenters. The smallest absolute Gasteiger partial charge is 0.413 e. The largest absolute Gasteiger partial charge is 0.444 e. The number of amides is 1. The van der Waals surface area contributed by atoms with E-state index < -0.39 is 27.8 Å². The van der Waals surface area contributed by atoms with Crippen LogP contribution in [0.4, 0.5) is 10.6 Å². The van der Waals surface area contributed by atoms with E-state index in [4.69, 9.17) is 4.74 Å². The highest BCUT2D eigenvalue weighted by molar-refractivity contribution is 7.89. The van der Waals surface area contributed by atoms with Crippen LogP contribution in [0.5, 0.6) is 0 Å². The summed E-state index contributed by atoms with van der Waals surface area (Å²) in [6.45, 7) is 7.66. The average Bonchev–Trinajstić information content (AvgIpc) is 3.11. The first kappa shape index (κ1) is 21.3. The molecule has 0 bridgehead atoms. The van der Waals surface area contributed by atoms with Crippen LogP contribution in [-0.2, 0) is 14.8 Å². The molecule has 1 aliphatic heterocycles. The SMILES string of the molecule is Cc1ccc(S(=O)(=O)N2CCC[C@H]2c2cccnc2NC(=O)OC(C)(C)C)cc1. The molecule has 1 aromatic carbocycles. The van der Waals surface area contributed by atoms with Gasteiger partial charge in [0.15, 0.2) is 0 Å². The number of hydrogen-bond acceptors (Lipinski definition) is 5. The van der Waals surface area contributed by atoms with Crippen molar-refractivity contribution in [2.75, 3.05) is 11.9 Å². The van der Waals surface area contributed by atoms with Crippen LogP contribution in [0.3, 0.4) is 0 Å². The number of rotatable bonds is 4. The highest BCUT2D eigenvalue weighted by Gasteiger charge is 2.37. The Morgan fingerprint density at radius 2 is 1.90 bits per heavy atom. The predicted molar refractivity (Wildman–Crippen MR) is 111 cm³/mol. The second kappa shape index (κ2) is 8.12. The molecular formula is C21H27N3O4S. The Bertz CT molecular complexity index is 982. The summed E-state index contributed by atoms with van der Waals surface area (Å²) in [7, 11) is -3.67. The summed E-state index contributed by atoms with van der Waals surface area (Å²) in [5, 5.41) is 2.67. The molecule has 0 radical (unpaired) electrons. The Kier molecular flexibility index (Phi) is 5.95. The molecular weight excluding hydrogens is 390 g/mol. The van der Waals surface area contributed by atoms with Gasteiger partial charge in [-0.1, -0.05) is 23.8 Å². The zero-order valence-electron chi connectivity index (χ0n) is 17.2. The van der Waals surface area contributed by atoms with Gasteiger partial charge in [-0.2, -0.15) is 4.31 Å². The van der Waals surface area contributed by atoms with Gasteiger partial charge in [0.1, 0.15) is 11.4 Å². The van der Waals surface area contributed by atoms with Gasteiger partial charge >= 0.3 is 6.09 Å². The van der Waals surface area contributed by atoms with Gasteiger partial charge in [0.25, 0.3) is 0 Å². The number of anilines is 1. The summed E-state index contributed by atoms with van der Waals surface area (Å²) in [6, 6.07) is 9.97.